The lowest BCUT2D eigenvalue weighted by Crippen LogP contribution is -2.28. The third-order valence-corrected chi connectivity index (χ3v) is 4.54. The van der Waals surface area contributed by atoms with Gasteiger partial charge in [0.15, 0.2) is 5.69 Å². The summed E-state index contributed by atoms with van der Waals surface area (Å²) >= 11 is 0. The fourth-order valence-electron chi connectivity index (χ4n) is 3.25. The second-order valence-corrected chi connectivity index (χ2v) is 6.13. The Labute approximate surface area is 138 Å². The quantitative estimate of drug-likeness (QED) is 0.689. The molecule has 2 heterocycles. The number of nitrogens with one attached hydrogen (secondary N) is 3. The summed E-state index contributed by atoms with van der Waals surface area (Å²) in [6.07, 6.45) is 4.03. The number of aryl methyl sites for hydroxylation is 1. The van der Waals surface area contributed by atoms with Gasteiger partial charge in [0.25, 0.3) is 11.5 Å². The molecule has 6 heteroatoms. The summed E-state index contributed by atoms with van der Waals surface area (Å²) in [5, 5.41) is 10.9. The van der Waals surface area contributed by atoms with Crippen molar-refractivity contribution >= 4 is 16.8 Å². The van der Waals surface area contributed by atoms with E-state index in [9.17, 15) is 9.59 Å². The van der Waals surface area contributed by atoms with Gasteiger partial charge in [-0.3, -0.25) is 14.7 Å². The molecular weight excluding hydrogens is 304 g/mol. The molecule has 0 saturated heterocycles. The number of carbonyl (C=O) groups excluding carboxylic acids is 1. The largest absolute Gasteiger partial charge is 0.346 e. The van der Waals surface area contributed by atoms with Crippen molar-refractivity contribution in [3.05, 3.63) is 63.2 Å². The molecule has 0 spiro atoms. The molecule has 1 aliphatic carbocycles. The Morgan fingerprint density at radius 3 is 2.96 bits per heavy atom. The first kappa shape index (κ1) is 14.7. The van der Waals surface area contributed by atoms with Crippen molar-refractivity contribution in [2.24, 2.45) is 0 Å². The Hall–Kier alpha value is -2.89. The summed E-state index contributed by atoms with van der Waals surface area (Å²) in [5.74, 6) is -0.234. The molecule has 1 amide bonds. The minimum absolute atomic E-state index is 0.181. The molecule has 3 N–H and O–H groups in total. The third-order valence-electron chi connectivity index (χ3n) is 4.54. The highest BCUT2D eigenvalue weighted by molar-refractivity contribution is 5.94. The van der Waals surface area contributed by atoms with Crippen LogP contribution in [0.4, 0.5) is 0 Å². The van der Waals surface area contributed by atoms with Gasteiger partial charge in [-0.25, -0.2) is 0 Å². The van der Waals surface area contributed by atoms with Gasteiger partial charge in [-0.05, 0) is 43.2 Å². The van der Waals surface area contributed by atoms with Crippen molar-refractivity contribution in [3.63, 3.8) is 0 Å². The number of para-hydroxylation sites is 1. The molecule has 0 atom stereocenters. The first-order valence-electron chi connectivity index (χ1n) is 8.17. The average Bonchev–Trinajstić information content (AvgIpc) is 3.04. The van der Waals surface area contributed by atoms with Crippen LogP contribution in [-0.2, 0) is 19.4 Å². The minimum atomic E-state index is -0.234. The van der Waals surface area contributed by atoms with Crippen LogP contribution in [0.1, 0.15) is 40.2 Å². The summed E-state index contributed by atoms with van der Waals surface area (Å²) in [6.45, 7) is 0.181. The highest BCUT2D eigenvalue weighted by Gasteiger charge is 2.21. The number of hydrogen-bond donors (Lipinski definition) is 3. The van der Waals surface area contributed by atoms with Crippen molar-refractivity contribution in [1.82, 2.24) is 20.5 Å². The lowest BCUT2D eigenvalue weighted by atomic mass is 9.96. The van der Waals surface area contributed by atoms with E-state index in [-0.39, 0.29) is 18.0 Å². The van der Waals surface area contributed by atoms with Crippen LogP contribution in [0.2, 0.25) is 0 Å². The minimum Gasteiger partial charge on any atom is -0.346 e. The van der Waals surface area contributed by atoms with Crippen LogP contribution in [0.3, 0.4) is 0 Å². The van der Waals surface area contributed by atoms with E-state index in [2.05, 4.69) is 20.5 Å². The van der Waals surface area contributed by atoms with Crippen LogP contribution < -0.4 is 10.9 Å². The lowest BCUT2D eigenvalue weighted by Gasteiger charge is -2.11. The van der Waals surface area contributed by atoms with Gasteiger partial charge in [0.05, 0.1) is 0 Å². The standard InChI is InChI=1S/C18H18N4O2/c23-17-12(9-11-5-1-3-7-14(11)20-17)10-19-18(24)16-13-6-2-4-8-15(13)21-22-16/h1,3,5,7,9H,2,4,6,8,10H2,(H,19,24)(H,20,23)(H,21,22). The molecule has 6 nitrogen and oxygen atoms in total. The number of pyridine rings is 1. The van der Waals surface area contributed by atoms with Crippen LogP contribution >= 0.6 is 0 Å². The normalized spacial score (nSPS) is 13.7. The number of hydrogen-bond acceptors (Lipinski definition) is 3. The van der Waals surface area contributed by atoms with Gasteiger partial charge in [0, 0.05) is 28.9 Å². The first-order valence-corrected chi connectivity index (χ1v) is 8.17. The number of nitrogens with zero attached hydrogens (tertiary/aromatic N) is 1. The van der Waals surface area contributed by atoms with Crippen molar-refractivity contribution in [3.8, 4) is 0 Å². The maximum atomic E-state index is 12.4. The zero-order valence-corrected chi connectivity index (χ0v) is 13.2. The maximum Gasteiger partial charge on any atom is 0.272 e. The molecule has 0 saturated carbocycles. The molecule has 0 bridgehead atoms. The predicted molar refractivity (Wildman–Crippen MR) is 91.0 cm³/mol. The Morgan fingerprint density at radius 1 is 1.21 bits per heavy atom. The lowest BCUT2D eigenvalue weighted by molar-refractivity contribution is 0.0944. The summed E-state index contributed by atoms with van der Waals surface area (Å²) in [6, 6.07) is 9.39. The van der Waals surface area contributed by atoms with Crippen LogP contribution in [0.15, 0.2) is 35.1 Å². The van der Waals surface area contributed by atoms with Crippen LogP contribution in [-0.4, -0.2) is 21.1 Å². The van der Waals surface area contributed by atoms with Crippen LogP contribution in [0, 0.1) is 0 Å². The van der Waals surface area contributed by atoms with Crippen molar-refractivity contribution in [2.45, 2.75) is 32.2 Å². The smallest absolute Gasteiger partial charge is 0.272 e. The van der Waals surface area contributed by atoms with E-state index in [1.807, 2.05) is 30.3 Å². The van der Waals surface area contributed by atoms with Crippen molar-refractivity contribution in [1.29, 1.82) is 0 Å². The van der Waals surface area contributed by atoms with Crippen molar-refractivity contribution < 1.29 is 4.79 Å². The molecule has 1 aromatic carbocycles. The fraction of sp³-hybridized carbons (Fsp3) is 0.278. The van der Waals surface area contributed by atoms with E-state index in [1.165, 1.54) is 0 Å². The molecule has 0 unspecified atom stereocenters. The van der Waals surface area contributed by atoms with Gasteiger partial charge in [-0.2, -0.15) is 5.10 Å². The van der Waals surface area contributed by atoms with Gasteiger partial charge in [-0.1, -0.05) is 18.2 Å². The van der Waals surface area contributed by atoms with E-state index in [0.717, 1.165) is 47.8 Å². The molecule has 122 valence electrons. The van der Waals surface area contributed by atoms with E-state index in [0.29, 0.717) is 11.3 Å². The first-order chi connectivity index (χ1) is 11.7. The second-order valence-electron chi connectivity index (χ2n) is 6.13. The molecule has 0 radical (unpaired) electrons. The number of fused-ring (bicyclic) bond motifs is 2. The van der Waals surface area contributed by atoms with E-state index in [1.54, 1.807) is 0 Å². The molecule has 4 rings (SSSR count). The SMILES string of the molecule is O=C(NCc1cc2ccccc2[nH]c1=O)c1n[nH]c2c1CCCC2. The molecule has 3 aromatic rings. The topological polar surface area (TPSA) is 90.6 Å². The van der Waals surface area contributed by atoms with E-state index < -0.39 is 0 Å². The Kier molecular flexibility index (Phi) is 3.65. The zero-order chi connectivity index (χ0) is 16.5. The number of carbonyl (C=O) groups is 1. The number of amides is 1. The molecule has 0 fully saturated rings. The summed E-state index contributed by atoms with van der Waals surface area (Å²) in [5.41, 5.74) is 3.69. The molecule has 24 heavy (non-hydrogen) atoms. The summed E-state index contributed by atoms with van der Waals surface area (Å²) in [4.78, 5) is 27.4. The number of aromatic amines is 2. The highest BCUT2D eigenvalue weighted by atomic mass is 16.2. The molecular formula is C18H18N4O2. The fourth-order valence-corrected chi connectivity index (χ4v) is 3.25. The highest BCUT2D eigenvalue weighted by Crippen LogP contribution is 2.22. The van der Waals surface area contributed by atoms with Gasteiger partial charge in [0.1, 0.15) is 0 Å². The van der Waals surface area contributed by atoms with Crippen molar-refractivity contribution in [2.75, 3.05) is 0 Å². The number of benzene rings is 1. The predicted octanol–water partition coefficient (Wildman–Crippen LogP) is 2.06. The number of aromatic nitrogens is 3. The number of H-pyrrole nitrogens is 2. The monoisotopic (exact) mass is 322 g/mol. The van der Waals surface area contributed by atoms with Gasteiger partial charge in [0.2, 0.25) is 0 Å². The Morgan fingerprint density at radius 2 is 2.04 bits per heavy atom. The Bertz CT molecular complexity index is 971. The van der Waals surface area contributed by atoms with Crippen LogP contribution in [0.5, 0.6) is 0 Å². The van der Waals surface area contributed by atoms with E-state index >= 15 is 0 Å². The molecule has 1 aliphatic rings. The summed E-state index contributed by atoms with van der Waals surface area (Å²) in [7, 11) is 0. The van der Waals surface area contributed by atoms with Gasteiger partial charge in [-0.15, -0.1) is 0 Å². The zero-order valence-electron chi connectivity index (χ0n) is 13.2. The van der Waals surface area contributed by atoms with Gasteiger partial charge >= 0.3 is 0 Å². The molecule has 2 aromatic heterocycles. The summed E-state index contributed by atoms with van der Waals surface area (Å²) < 4.78 is 0. The van der Waals surface area contributed by atoms with Crippen LogP contribution in [0.25, 0.3) is 10.9 Å². The third kappa shape index (κ3) is 2.60. The van der Waals surface area contributed by atoms with Gasteiger partial charge < -0.3 is 10.3 Å². The average molecular weight is 322 g/mol. The second kappa shape index (κ2) is 5.96. The Balaban J connectivity index is 1.54. The molecule has 0 aliphatic heterocycles. The van der Waals surface area contributed by atoms with E-state index in [4.69, 9.17) is 0 Å². The maximum absolute atomic E-state index is 12.4. The number of rotatable bonds is 3.